The number of amides is 1. The highest BCUT2D eigenvalue weighted by atomic mass is 16.5. The van der Waals surface area contributed by atoms with Crippen LogP contribution in [0.15, 0.2) is 115 Å². The molecular weight excluding hydrogens is 458 g/mol. The Hall–Kier alpha value is -4.02. The average molecular weight is 492 g/mol. The summed E-state index contributed by atoms with van der Waals surface area (Å²) in [7, 11) is 0. The lowest BCUT2D eigenvalue weighted by atomic mass is 9.65. The van der Waals surface area contributed by atoms with Crippen LogP contribution in [0, 0.1) is 0 Å². The number of hydrogen-bond acceptors (Lipinski definition) is 3. The Bertz CT molecular complexity index is 1250. The topological polar surface area (TPSA) is 66.4 Å². The molecule has 4 rings (SSSR count). The molecule has 4 aromatic rings. The zero-order chi connectivity index (χ0) is 25.9. The van der Waals surface area contributed by atoms with Crippen LogP contribution in [0.5, 0.6) is 0 Å². The minimum atomic E-state index is -0.522. The number of carbonyl (C=O) groups is 2. The molecule has 0 spiro atoms. The Morgan fingerprint density at radius 1 is 0.622 bits per heavy atom. The van der Waals surface area contributed by atoms with Crippen LogP contribution in [0.1, 0.15) is 71.1 Å². The van der Waals surface area contributed by atoms with E-state index in [1.807, 2.05) is 60.7 Å². The van der Waals surface area contributed by atoms with Crippen LogP contribution < -0.4 is 5.48 Å². The van der Waals surface area contributed by atoms with E-state index in [1.54, 1.807) is 5.48 Å². The number of nitrogens with one attached hydrogen (secondary N) is 1. The second-order valence-corrected chi connectivity index (χ2v) is 9.33. The lowest BCUT2D eigenvalue weighted by molar-refractivity contribution is -0.129. The first kappa shape index (κ1) is 26.1. The molecule has 1 amide bonds. The maximum Gasteiger partial charge on any atom is 0.243 e. The van der Waals surface area contributed by atoms with E-state index in [0.29, 0.717) is 17.5 Å². The molecule has 0 aliphatic rings. The first-order valence-electron chi connectivity index (χ1n) is 12.9. The number of hydrogen-bond donors (Lipinski definition) is 2. The number of unbranched alkanes of at least 4 members (excludes halogenated alkanes) is 3. The third kappa shape index (κ3) is 6.04. The lowest BCUT2D eigenvalue weighted by Crippen LogP contribution is -2.31. The van der Waals surface area contributed by atoms with E-state index in [9.17, 15) is 9.59 Å². The first-order chi connectivity index (χ1) is 18.2. The van der Waals surface area contributed by atoms with Gasteiger partial charge in [-0.15, -0.1) is 0 Å². The van der Waals surface area contributed by atoms with Crippen molar-refractivity contribution in [1.29, 1.82) is 0 Å². The van der Waals surface area contributed by atoms with Crippen LogP contribution >= 0.6 is 0 Å². The summed E-state index contributed by atoms with van der Waals surface area (Å²) in [5.41, 5.74) is 5.86. The van der Waals surface area contributed by atoms with Crippen molar-refractivity contribution in [3.05, 3.63) is 143 Å². The van der Waals surface area contributed by atoms with E-state index < -0.39 is 5.41 Å². The molecule has 2 N–H and O–H groups in total. The van der Waals surface area contributed by atoms with Gasteiger partial charge in [0.25, 0.3) is 0 Å². The van der Waals surface area contributed by atoms with E-state index >= 15 is 0 Å². The molecule has 0 saturated heterocycles. The maximum absolute atomic E-state index is 13.8. The molecule has 4 heteroatoms. The van der Waals surface area contributed by atoms with E-state index in [1.165, 1.54) is 0 Å². The number of hydroxylamine groups is 1. The van der Waals surface area contributed by atoms with Gasteiger partial charge < -0.3 is 0 Å². The minimum Gasteiger partial charge on any atom is -0.289 e. The molecule has 4 aromatic carbocycles. The normalized spacial score (nSPS) is 11.2. The zero-order valence-corrected chi connectivity index (χ0v) is 21.0. The van der Waals surface area contributed by atoms with E-state index in [-0.39, 0.29) is 11.7 Å². The van der Waals surface area contributed by atoms with E-state index in [4.69, 9.17) is 5.21 Å². The van der Waals surface area contributed by atoms with Crippen LogP contribution in [0.4, 0.5) is 0 Å². The molecule has 4 nitrogen and oxygen atoms in total. The minimum absolute atomic E-state index is 0.0162. The highest BCUT2D eigenvalue weighted by Crippen LogP contribution is 2.45. The van der Waals surface area contributed by atoms with Gasteiger partial charge in [0.2, 0.25) is 5.91 Å². The van der Waals surface area contributed by atoms with Crippen LogP contribution in [-0.2, 0) is 10.2 Å². The Labute approximate surface area is 219 Å². The van der Waals surface area contributed by atoms with Gasteiger partial charge in [0.15, 0.2) is 5.78 Å². The molecule has 37 heavy (non-hydrogen) atoms. The van der Waals surface area contributed by atoms with Crippen LogP contribution in [0.3, 0.4) is 0 Å². The molecule has 0 radical (unpaired) electrons. The number of carbonyl (C=O) groups excluding carboxylic acids is 2. The molecule has 0 saturated carbocycles. The summed E-state index contributed by atoms with van der Waals surface area (Å²) in [5.74, 6) is -0.335. The fourth-order valence-corrected chi connectivity index (χ4v) is 5.23. The first-order valence-corrected chi connectivity index (χ1v) is 12.9. The third-order valence-electron chi connectivity index (χ3n) is 7.03. The molecule has 0 heterocycles. The largest absolute Gasteiger partial charge is 0.289 e. The van der Waals surface area contributed by atoms with Crippen molar-refractivity contribution in [2.75, 3.05) is 0 Å². The quantitative estimate of drug-likeness (QED) is 0.0730. The summed E-state index contributed by atoms with van der Waals surface area (Å²) in [6, 6.07) is 38.3. The van der Waals surface area contributed by atoms with Gasteiger partial charge in [-0.3, -0.25) is 14.8 Å². The second-order valence-electron chi connectivity index (χ2n) is 9.33. The van der Waals surface area contributed by atoms with Crippen molar-refractivity contribution in [3.8, 4) is 0 Å². The van der Waals surface area contributed by atoms with Crippen LogP contribution in [0.25, 0.3) is 0 Å². The molecule has 0 aliphatic heterocycles. The Kier molecular flexibility index (Phi) is 9.01. The molecular formula is C33H33NO3. The monoisotopic (exact) mass is 491 g/mol. The fraction of sp³-hybridized carbons (Fsp3) is 0.212. The summed E-state index contributed by atoms with van der Waals surface area (Å²) in [5, 5.41) is 8.75. The van der Waals surface area contributed by atoms with Crippen molar-refractivity contribution in [2.24, 2.45) is 0 Å². The van der Waals surface area contributed by atoms with Gasteiger partial charge in [0, 0.05) is 23.0 Å². The number of ketones is 1. The number of rotatable bonds is 12. The van der Waals surface area contributed by atoms with E-state index in [2.05, 4.69) is 54.6 Å². The van der Waals surface area contributed by atoms with Gasteiger partial charge in [0.1, 0.15) is 0 Å². The van der Waals surface area contributed by atoms with Crippen molar-refractivity contribution in [2.45, 2.75) is 43.9 Å². The predicted molar refractivity (Wildman–Crippen MR) is 147 cm³/mol. The maximum atomic E-state index is 13.8. The molecule has 0 fully saturated rings. The van der Waals surface area contributed by atoms with E-state index in [0.717, 1.165) is 48.8 Å². The average Bonchev–Trinajstić information content (AvgIpc) is 2.98. The summed E-state index contributed by atoms with van der Waals surface area (Å²) in [6.45, 7) is 0. The highest BCUT2D eigenvalue weighted by Gasteiger charge is 2.38. The van der Waals surface area contributed by atoms with Gasteiger partial charge >= 0.3 is 0 Å². The Balaban J connectivity index is 1.79. The molecule has 0 atom stereocenters. The molecule has 0 aliphatic carbocycles. The van der Waals surface area contributed by atoms with Gasteiger partial charge in [0.05, 0.1) is 0 Å². The molecule has 188 valence electrons. The van der Waals surface area contributed by atoms with Gasteiger partial charge in [-0.25, -0.2) is 5.48 Å². The van der Waals surface area contributed by atoms with Crippen molar-refractivity contribution in [3.63, 3.8) is 0 Å². The van der Waals surface area contributed by atoms with Crippen molar-refractivity contribution >= 4 is 11.7 Å². The van der Waals surface area contributed by atoms with Gasteiger partial charge in [-0.1, -0.05) is 135 Å². The predicted octanol–water partition coefficient (Wildman–Crippen LogP) is 7.10. The highest BCUT2D eigenvalue weighted by molar-refractivity contribution is 6.10. The summed E-state index contributed by atoms with van der Waals surface area (Å²) >= 11 is 0. The summed E-state index contributed by atoms with van der Waals surface area (Å²) in [6.07, 6.45) is 4.59. The number of benzene rings is 4. The van der Waals surface area contributed by atoms with Gasteiger partial charge in [-0.2, -0.15) is 0 Å². The Morgan fingerprint density at radius 3 is 1.73 bits per heavy atom. The van der Waals surface area contributed by atoms with Crippen LogP contribution in [-0.4, -0.2) is 16.9 Å². The van der Waals surface area contributed by atoms with Crippen molar-refractivity contribution < 1.29 is 14.8 Å². The SMILES string of the molecule is O=C(CCCCCCC(c1ccccc1)(c1ccccc1)c1ccccc1C(=O)c1ccccc1)NO. The third-order valence-corrected chi connectivity index (χ3v) is 7.03. The van der Waals surface area contributed by atoms with Crippen molar-refractivity contribution in [1.82, 2.24) is 5.48 Å². The second kappa shape index (κ2) is 12.8. The molecule has 0 aromatic heterocycles. The standard InChI is InChI=1S/C33H33NO3/c35-31(34-37)24-12-1-2-15-25-33(27-18-8-4-9-19-27,28-20-10-5-11-21-28)30-23-14-13-22-29(30)32(36)26-16-6-3-7-17-26/h3-11,13-14,16-23,37H,1-2,12,15,24-25H2,(H,34,35). The lowest BCUT2D eigenvalue weighted by Gasteiger charge is -2.37. The zero-order valence-electron chi connectivity index (χ0n) is 21.0. The summed E-state index contributed by atoms with van der Waals surface area (Å²) < 4.78 is 0. The molecule has 0 unspecified atom stereocenters. The Morgan fingerprint density at radius 2 is 1.14 bits per heavy atom. The summed E-state index contributed by atoms with van der Waals surface area (Å²) in [4.78, 5) is 25.2. The molecule has 0 bridgehead atoms. The van der Waals surface area contributed by atoms with Crippen LogP contribution in [0.2, 0.25) is 0 Å². The van der Waals surface area contributed by atoms with Gasteiger partial charge in [-0.05, 0) is 29.5 Å². The smallest absolute Gasteiger partial charge is 0.243 e. The fourth-order valence-electron chi connectivity index (χ4n) is 5.23.